The lowest BCUT2D eigenvalue weighted by atomic mass is 10.1. The van der Waals surface area contributed by atoms with Gasteiger partial charge >= 0.3 is 0 Å². The van der Waals surface area contributed by atoms with Crippen LogP contribution < -0.4 is 9.64 Å². The van der Waals surface area contributed by atoms with Crippen LogP contribution in [-0.4, -0.2) is 44.2 Å². The number of anilines is 1. The van der Waals surface area contributed by atoms with E-state index in [0.717, 1.165) is 57.2 Å². The van der Waals surface area contributed by atoms with Crippen LogP contribution in [0.15, 0.2) is 36.4 Å². The minimum atomic E-state index is -0.170. The molecule has 0 unspecified atom stereocenters. The molecule has 1 heterocycles. The van der Waals surface area contributed by atoms with Crippen LogP contribution in [0.4, 0.5) is 10.1 Å². The molecule has 152 valence electrons. The second-order valence-corrected chi connectivity index (χ2v) is 7.75. The van der Waals surface area contributed by atoms with Crippen molar-refractivity contribution in [3.8, 4) is 5.75 Å². The molecule has 1 saturated heterocycles. The molecule has 1 aliphatic carbocycles. The smallest absolute Gasteiger partial charge is 0.123 e. The summed E-state index contributed by atoms with van der Waals surface area (Å²) in [5, 5.41) is 0. The average molecular weight is 405 g/mol. The highest BCUT2D eigenvalue weighted by molar-refractivity contribution is 5.85. The standard InChI is InChI=1S/C23H29FN2O.ClH/c1-18-16-19-4-2-5-20(19)17-23(18)27-15-3-10-25-11-13-26(14-12-25)22-8-6-21(24)7-9-22;/h6-9,16-17H,2-5,10-15H2,1H3;1H. The highest BCUT2D eigenvalue weighted by Gasteiger charge is 2.17. The zero-order valence-corrected chi connectivity index (χ0v) is 17.4. The van der Waals surface area contributed by atoms with Gasteiger partial charge in [0.15, 0.2) is 0 Å². The molecular weight excluding hydrogens is 375 g/mol. The van der Waals surface area contributed by atoms with Gasteiger partial charge in [0.25, 0.3) is 0 Å². The minimum absolute atomic E-state index is 0. The van der Waals surface area contributed by atoms with Gasteiger partial charge < -0.3 is 9.64 Å². The lowest BCUT2D eigenvalue weighted by Gasteiger charge is -2.36. The maximum absolute atomic E-state index is 13.1. The molecule has 5 heteroatoms. The van der Waals surface area contributed by atoms with Crippen LogP contribution in [0.1, 0.15) is 29.5 Å². The molecule has 4 rings (SSSR count). The van der Waals surface area contributed by atoms with Gasteiger partial charge in [0.1, 0.15) is 11.6 Å². The van der Waals surface area contributed by atoms with E-state index in [0.29, 0.717) is 0 Å². The van der Waals surface area contributed by atoms with E-state index in [-0.39, 0.29) is 18.2 Å². The van der Waals surface area contributed by atoms with Gasteiger partial charge in [0.05, 0.1) is 6.61 Å². The Labute approximate surface area is 173 Å². The number of nitrogens with zero attached hydrogens (tertiary/aromatic N) is 2. The van der Waals surface area contributed by atoms with Crippen molar-refractivity contribution in [1.82, 2.24) is 4.90 Å². The largest absolute Gasteiger partial charge is 0.493 e. The lowest BCUT2D eigenvalue weighted by Crippen LogP contribution is -2.46. The minimum Gasteiger partial charge on any atom is -0.493 e. The summed E-state index contributed by atoms with van der Waals surface area (Å²) in [4.78, 5) is 4.83. The van der Waals surface area contributed by atoms with Crippen molar-refractivity contribution >= 4 is 18.1 Å². The quantitative estimate of drug-likeness (QED) is 0.652. The lowest BCUT2D eigenvalue weighted by molar-refractivity contribution is 0.224. The summed E-state index contributed by atoms with van der Waals surface area (Å²) in [5.41, 5.74) is 5.38. The number of fused-ring (bicyclic) bond motifs is 1. The van der Waals surface area contributed by atoms with Gasteiger partial charge in [-0.25, -0.2) is 4.39 Å². The van der Waals surface area contributed by atoms with Crippen molar-refractivity contribution in [1.29, 1.82) is 0 Å². The van der Waals surface area contributed by atoms with E-state index in [9.17, 15) is 4.39 Å². The molecule has 0 radical (unpaired) electrons. The van der Waals surface area contributed by atoms with E-state index in [2.05, 4.69) is 28.9 Å². The van der Waals surface area contributed by atoms with Crippen molar-refractivity contribution < 1.29 is 9.13 Å². The third kappa shape index (κ3) is 4.98. The van der Waals surface area contributed by atoms with Crippen molar-refractivity contribution in [2.24, 2.45) is 0 Å². The first-order valence-electron chi connectivity index (χ1n) is 10.2. The normalized spacial score (nSPS) is 16.6. The monoisotopic (exact) mass is 404 g/mol. The Morgan fingerprint density at radius 3 is 2.36 bits per heavy atom. The molecule has 3 nitrogen and oxygen atoms in total. The van der Waals surface area contributed by atoms with E-state index >= 15 is 0 Å². The number of halogens is 2. The summed E-state index contributed by atoms with van der Waals surface area (Å²) in [6, 6.07) is 11.4. The van der Waals surface area contributed by atoms with Gasteiger partial charge in [-0.05, 0) is 79.6 Å². The number of aryl methyl sites for hydroxylation is 3. The third-order valence-corrected chi connectivity index (χ3v) is 5.83. The molecule has 0 amide bonds. The molecule has 0 bridgehead atoms. The topological polar surface area (TPSA) is 15.7 Å². The van der Waals surface area contributed by atoms with Crippen LogP contribution in [0.25, 0.3) is 0 Å². The van der Waals surface area contributed by atoms with Gasteiger partial charge in [0, 0.05) is 38.4 Å². The average Bonchev–Trinajstić information content (AvgIpc) is 3.13. The molecule has 2 aromatic rings. The van der Waals surface area contributed by atoms with Crippen molar-refractivity contribution in [2.75, 3.05) is 44.2 Å². The van der Waals surface area contributed by atoms with E-state index in [1.807, 2.05) is 12.1 Å². The first-order chi connectivity index (χ1) is 13.2. The highest BCUT2D eigenvalue weighted by Crippen LogP contribution is 2.29. The van der Waals surface area contributed by atoms with E-state index < -0.39 is 0 Å². The fourth-order valence-electron chi connectivity index (χ4n) is 4.23. The van der Waals surface area contributed by atoms with Crippen LogP contribution in [-0.2, 0) is 12.8 Å². The Hall–Kier alpha value is -1.78. The van der Waals surface area contributed by atoms with Crippen LogP contribution in [0, 0.1) is 12.7 Å². The van der Waals surface area contributed by atoms with Gasteiger partial charge in [-0.1, -0.05) is 6.07 Å². The van der Waals surface area contributed by atoms with Crippen LogP contribution in [0.3, 0.4) is 0 Å². The van der Waals surface area contributed by atoms with Gasteiger partial charge in [-0.3, -0.25) is 4.90 Å². The predicted octanol–water partition coefficient (Wildman–Crippen LogP) is 4.64. The molecule has 0 N–H and O–H groups in total. The molecular formula is C23H30ClFN2O. The Morgan fingerprint density at radius 1 is 0.964 bits per heavy atom. The Balaban J connectivity index is 0.00000225. The molecule has 28 heavy (non-hydrogen) atoms. The molecule has 0 atom stereocenters. The molecule has 1 aliphatic heterocycles. The summed E-state index contributed by atoms with van der Waals surface area (Å²) in [6.45, 7) is 8.10. The van der Waals surface area contributed by atoms with E-state index in [4.69, 9.17) is 4.74 Å². The zero-order valence-electron chi connectivity index (χ0n) is 16.6. The van der Waals surface area contributed by atoms with Crippen LogP contribution in [0.2, 0.25) is 0 Å². The SMILES string of the molecule is Cc1cc2c(cc1OCCCN1CCN(c3ccc(F)cc3)CC1)CCC2.Cl. The second-order valence-electron chi connectivity index (χ2n) is 7.75. The van der Waals surface area contributed by atoms with Crippen LogP contribution >= 0.6 is 12.4 Å². The maximum Gasteiger partial charge on any atom is 0.123 e. The summed E-state index contributed by atoms with van der Waals surface area (Å²) < 4.78 is 19.1. The number of benzene rings is 2. The predicted molar refractivity (Wildman–Crippen MR) is 116 cm³/mol. The Kier molecular flexibility index (Phi) is 7.19. The van der Waals surface area contributed by atoms with Crippen LogP contribution in [0.5, 0.6) is 5.75 Å². The highest BCUT2D eigenvalue weighted by atomic mass is 35.5. The summed E-state index contributed by atoms with van der Waals surface area (Å²) in [6.07, 6.45) is 4.75. The van der Waals surface area contributed by atoms with Gasteiger partial charge in [0.2, 0.25) is 0 Å². The molecule has 2 aliphatic rings. The first-order valence-corrected chi connectivity index (χ1v) is 10.2. The Morgan fingerprint density at radius 2 is 1.64 bits per heavy atom. The van der Waals surface area contributed by atoms with Crippen molar-refractivity contribution in [2.45, 2.75) is 32.6 Å². The van der Waals surface area contributed by atoms with E-state index in [1.54, 1.807) is 12.1 Å². The molecule has 0 aromatic heterocycles. The van der Waals surface area contributed by atoms with E-state index in [1.165, 1.54) is 36.0 Å². The fourth-order valence-corrected chi connectivity index (χ4v) is 4.23. The Bertz CT molecular complexity index is 773. The summed E-state index contributed by atoms with van der Waals surface area (Å²) >= 11 is 0. The second kappa shape index (κ2) is 9.62. The fraction of sp³-hybridized carbons (Fsp3) is 0.478. The van der Waals surface area contributed by atoms with Gasteiger partial charge in [-0.2, -0.15) is 0 Å². The zero-order chi connectivity index (χ0) is 18.6. The summed E-state index contributed by atoms with van der Waals surface area (Å²) in [7, 11) is 0. The number of piperazine rings is 1. The maximum atomic E-state index is 13.1. The number of hydrogen-bond acceptors (Lipinski definition) is 3. The number of rotatable bonds is 6. The summed E-state index contributed by atoms with van der Waals surface area (Å²) in [5.74, 6) is 0.896. The number of ether oxygens (including phenoxy) is 1. The molecule has 0 saturated carbocycles. The third-order valence-electron chi connectivity index (χ3n) is 5.83. The van der Waals surface area contributed by atoms with Gasteiger partial charge in [-0.15, -0.1) is 12.4 Å². The first kappa shape index (κ1) is 20.9. The van der Waals surface area contributed by atoms with Crippen molar-refractivity contribution in [3.05, 3.63) is 58.9 Å². The molecule has 2 aromatic carbocycles. The number of hydrogen-bond donors (Lipinski definition) is 0. The molecule has 1 fully saturated rings. The van der Waals surface area contributed by atoms with Crippen molar-refractivity contribution in [3.63, 3.8) is 0 Å². The molecule has 0 spiro atoms.